The third-order valence-corrected chi connectivity index (χ3v) is 7.89. The van der Waals surface area contributed by atoms with Gasteiger partial charge in [-0.25, -0.2) is 4.79 Å². The minimum absolute atomic E-state index is 0.0631. The Balaban J connectivity index is 1.81. The van der Waals surface area contributed by atoms with Crippen molar-refractivity contribution in [3.05, 3.63) is 133 Å². The Bertz CT molecular complexity index is 1480. The monoisotopic (exact) mass is 578 g/mol. The molecule has 1 aromatic heterocycles. The van der Waals surface area contributed by atoms with Gasteiger partial charge in [-0.05, 0) is 44.8 Å². The highest BCUT2D eigenvalue weighted by Crippen LogP contribution is 2.55. The number of benzene rings is 3. The smallest absolute Gasteiger partial charge is 0.330 e. The number of aromatic amines is 1. The van der Waals surface area contributed by atoms with Gasteiger partial charge in [0.15, 0.2) is 0 Å². The van der Waals surface area contributed by atoms with Gasteiger partial charge in [0.1, 0.15) is 23.7 Å². The van der Waals surface area contributed by atoms with E-state index in [2.05, 4.69) is 20.9 Å². The summed E-state index contributed by atoms with van der Waals surface area (Å²) in [6.45, 7) is -0.510. The molecular formula is C29H27BrN2O6. The van der Waals surface area contributed by atoms with Crippen LogP contribution in [0, 0.1) is 0 Å². The molecule has 0 amide bonds. The fourth-order valence-electron chi connectivity index (χ4n) is 5.64. The number of rotatable bonds is 7. The predicted molar refractivity (Wildman–Crippen MR) is 145 cm³/mol. The molecule has 3 aromatic carbocycles. The first-order valence-electron chi connectivity index (χ1n) is 12.1. The van der Waals surface area contributed by atoms with Crippen LogP contribution in [0.2, 0.25) is 0 Å². The van der Waals surface area contributed by atoms with Gasteiger partial charge in [-0.15, -0.1) is 0 Å². The highest BCUT2D eigenvalue weighted by molar-refractivity contribution is 9.10. The topological polar surface area (TPSA) is 114 Å². The molecule has 8 nitrogen and oxygen atoms in total. The van der Waals surface area contributed by atoms with Gasteiger partial charge in [0.05, 0.1) is 23.6 Å². The molecule has 3 atom stereocenters. The number of aliphatic hydroxyl groups is 2. The summed E-state index contributed by atoms with van der Waals surface area (Å²) in [5, 5.41) is 23.4. The first-order valence-corrected chi connectivity index (χ1v) is 12.9. The molecule has 0 bridgehead atoms. The van der Waals surface area contributed by atoms with Crippen LogP contribution < -0.4 is 16.0 Å². The summed E-state index contributed by atoms with van der Waals surface area (Å²) < 4.78 is 13.0. The van der Waals surface area contributed by atoms with Gasteiger partial charge in [-0.2, -0.15) is 0 Å². The van der Waals surface area contributed by atoms with Gasteiger partial charge < -0.3 is 19.7 Å². The van der Waals surface area contributed by atoms with Crippen LogP contribution in [0.4, 0.5) is 0 Å². The Morgan fingerprint density at radius 1 is 1.00 bits per heavy atom. The average molecular weight is 579 g/mol. The van der Waals surface area contributed by atoms with Crippen LogP contribution in [0.25, 0.3) is 0 Å². The van der Waals surface area contributed by atoms with E-state index in [1.165, 1.54) is 10.8 Å². The van der Waals surface area contributed by atoms with E-state index < -0.39 is 41.2 Å². The number of hydrogen-bond acceptors (Lipinski definition) is 6. The van der Waals surface area contributed by atoms with Crippen LogP contribution >= 0.6 is 15.9 Å². The first kappa shape index (κ1) is 26.1. The number of hydrogen-bond donors (Lipinski definition) is 3. The number of ether oxygens (including phenoxy) is 2. The Labute approximate surface area is 227 Å². The van der Waals surface area contributed by atoms with Crippen molar-refractivity contribution in [1.29, 1.82) is 0 Å². The summed E-state index contributed by atoms with van der Waals surface area (Å²) in [6.07, 6.45) is -0.783. The Morgan fingerprint density at radius 2 is 1.55 bits per heavy atom. The molecule has 5 rings (SSSR count). The number of halogens is 1. The van der Waals surface area contributed by atoms with Crippen LogP contribution in [0.15, 0.2) is 105 Å². The summed E-state index contributed by atoms with van der Waals surface area (Å²) in [4.78, 5) is 27.0. The van der Waals surface area contributed by atoms with Crippen molar-refractivity contribution in [3.8, 4) is 5.75 Å². The minimum Gasteiger partial charge on any atom is -0.497 e. The molecule has 0 radical (unpaired) electrons. The summed E-state index contributed by atoms with van der Waals surface area (Å²) in [5.74, 6) is 0.652. The minimum atomic E-state index is -1.74. The summed E-state index contributed by atoms with van der Waals surface area (Å²) in [6, 6.07) is 26.5. The highest BCUT2D eigenvalue weighted by Gasteiger charge is 2.63. The maximum Gasteiger partial charge on any atom is 0.330 e. The molecule has 9 heteroatoms. The van der Waals surface area contributed by atoms with Crippen LogP contribution in [0.5, 0.6) is 5.75 Å². The lowest BCUT2D eigenvalue weighted by Gasteiger charge is -2.48. The van der Waals surface area contributed by atoms with Gasteiger partial charge in [0.2, 0.25) is 0 Å². The maximum absolute atomic E-state index is 12.9. The summed E-state index contributed by atoms with van der Waals surface area (Å²) >= 11 is 3.17. The molecule has 2 heterocycles. The summed E-state index contributed by atoms with van der Waals surface area (Å²) in [7, 11) is 1.58. The number of aromatic nitrogens is 2. The van der Waals surface area contributed by atoms with Crippen LogP contribution in [-0.2, 0) is 10.2 Å². The zero-order valence-corrected chi connectivity index (χ0v) is 22.2. The molecule has 0 spiro atoms. The van der Waals surface area contributed by atoms with E-state index in [4.69, 9.17) is 9.47 Å². The number of methoxy groups -OCH3 is 1. The van der Waals surface area contributed by atoms with Crippen molar-refractivity contribution >= 4 is 15.9 Å². The van der Waals surface area contributed by atoms with Gasteiger partial charge in [-0.1, -0.05) is 72.8 Å². The fraction of sp³-hybridized carbons (Fsp3) is 0.241. The molecule has 0 saturated carbocycles. The second-order valence-corrected chi connectivity index (χ2v) is 10.1. The van der Waals surface area contributed by atoms with Gasteiger partial charge in [-0.3, -0.25) is 14.3 Å². The molecule has 196 valence electrons. The zero-order chi connectivity index (χ0) is 26.9. The third kappa shape index (κ3) is 4.12. The second-order valence-electron chi connectivity index (χ2n) is 9.24. The van der Waals surface area contributed by atoms with E-state index in [0.717, 1.165) is 16.7 Å². The van der Waals surface area contributed by atoms with E-state index in [-0.39, 0.29) is 10.9 Å². The molecular weight excluding hydrogens is 552 g/mol. The second kappa shape index (κ2) is 10.3. The van der Waals surface area contributed by atoms with Crippen molar-refractivity contribution in [2.24, 2.45) is 0 Å². The number of aliphatic hydroxyl groups excluding tert-OH is 1. The van der Waals surface area contributed by atoms with E-state index in [9.17, 15) is 19.8 Å². The SMILES string of the molecule is COc1ccc(C(c2ccccc2)(c2ccccc2)[C@]2(O)C[C@H](n3cc(Br)c(=O)[nH]c3=O)O[C@@H]2CO)cc1. The van der Waals surface area contributed by atoms with Crippen LogP contribution in [0.1, 0.15) is 29.3 Å². The van der Waals surface area contributed by atoms with Crippen molar-refractivity contribution in [2.75, 3.05) is 13.7 Å². The van der Waals surface area contributed by atoms with Crippen molar-refractivity contribution < 1.29 is 19.7 Å². The van der Waals surface area contributed by atoms with Crippen LogP contribution in [-0.4, -0.2) is 45.2 Å². The molecule has 1 aliphatic rings. The number of H-pyrrole nitrogens is 1. The van der Waals surface area contributed by atoms with Crippen molar-refractivity contribution in [1.82, 2.24) is 9.55 Å². The summed E-state index contributed by atoms with van der Waals surface area (Å²) in [5.41, 5.74) is -1.93. The quantitative estimate of drug-likeness (QED) is 0.290. The highest BCUT2D eigenvalue weighted by atomic mass is 79.9. The lowest BCUT2D eigenvalue weighted by molar-refractivity contribution is -0.102. The normalized spacial score (nSPS) is 21.4. The molecule has 38 heavy (non-hydrogen) atoms. The van der Waals surface area contributed by atoms with Gasteiger partial charge in [0, 0.05) is 12.6 Å². The van der Waals surface area contributed by atoms with Crippen molar-refractivity contribution in [3.63, 3.8) is 0 Å². The predicted octanol–water partition coefficient (Wildman–Crippen LogP) is 3.35. The molecule has 0 unspecified atom stereocenters. The molecule has 0 aliphatic carbocycles. The zero-order valence-electron chi connectivity index (χ0n) is 20.6. The maximum atomic E-state index is 12.9. The first-order chi connectivity index (χ1) is 18.3. The van der Waals surface area contributed by atoms with E-state index in [1.54, 1.807) is 7.11 Å². The van der Waals surface area contributed by atoms with Gasteiger partial charge >= 0.3 is 5.69 Å². The van der Waals surface area contributed by atoms with E-state index in [0.29, 0.717) is 5.75 Å². The van der Waals surface area contributed by atoms with E-state index in [1.807, 2.05) is 84.9 Å². The molecule has 3 N–H and O–H groups in total. The van der Waals surface area contributed by atoms with Crippen LogP contribution in [0.3, 0.4) is 0 Å². The lowest BCUT2D eigenvalue weighted by Crippen LogP contribution is -2.59. The van der Waals surface area contributed by atoms with E-state index >= 15 is 0 Å². The van der Waals surface area contributed by atoms with Gasteiger partial charge in [0.25, 0.3) is 5.56 Å². The largest absolute Gasteiger partial charge is 0.497 e. The van der Waals surface area contributed by atoms with Crippen molar-refractivity contribution in [2.45, 2.75) is 29.8 Å². The number of nitrogens with zero attached hydrogens (tertiary/aromatic N) is 1. The molecule has 1 fully saturated rings. The Morgan fingerprint density at radius 3 is 2.08 bits per heavy atom. The molecule has 1 saturated heterocycles. The Kier molecular flexibility index (Phi) is 7.11. The third-order valence-electron chi connectivity index (χ3n) is 7.33. The molecule has 4 aromatic rings. The fourth-order valence-corrected chi connectivity index (χ4v) is 5.96. The number of nitrogens with one attached hydrogen (secondary N) is 1. The average Bonchev–Trinajstić information content (AvgIpc) is 3.29. The molecule has 1 aliphatic heterocycles. The Hall–Kier alpha value is -3.50. The lowest BCUT2D eigenvalue weighted by atomic mass is 9.57. The standard InChI is InChI=1S/C29H27BrN2O6/c1-37-22-14-12-21(13-15-22)29(19-8-4-2-5-9-19,20-10-6-3-7-11-20)28(36)16-25(38-24(28)18-33)32-17-23(30)26(34)31-27(32)35/h2-15,17,24-25,33,36H,16,18H2,1H3,(H,31,34,35)/t24-,25-,28+/m1/s1.